The molecule has 0 aliphatic carbocycles. The van der Waals surface area contributed by atoms with E-state index in [9.17, 15) is 14.0 Å². The second-order valence-electron chi connectivity index (χ2n) is 3.64. The summed E-state index contributed by atoms with van der Waals surface area (Å²) in [5.41, 5.74) is -1.70. The number of alkyl halides is 1. The van der Waals surface area contributed by atoms with Gasteiger partial charge in [-0.3, -0.25) is 9.59 Å². The maximum absolute atomic E-state index is 13.4. The van der Waals surface area contributed by atoms with Gasteiger partial charge in [0, 0.05) is 5.92 Å². The molecule has 0 fully saturated rings. The molecule has 0 aromatic heterocycles. The number of methoxy groups -OCH3 is 1. The zero-order chi connectivity index (χ0) is 11.4. The summed E-state index contributed by atoms with van der Waals surface area (Å²) < 4.78 is 17.8. The number of esters is 1. The first-order valence-corrected chi connectivity index (χ1v) is 4.25. The van der Waals surface area contributed by atoms with Gasteiger partial charge in [0.2, 0.25) is 0 Å². The van der Waals surface area contributed by atoms with Crippen molar-refractivity contribution in [1.29, 1.82) is 0 Å². The molecule has 0 amide bonds. The number of carboxylic acid groups (broad SMARTS) is 1. The fourth-order valence-electron chi connectivity index (χ4n) is 1.05. The third-order valence-electron chi connectivity index (χ3n) is 2.03. The third-order valence-corrected chi connectivity index (χ3v) is 2.03. The molecule has 0 rings (SSSR count). The molecule has 0 radical (unpaired) electrons. The quantitative estimate of drug-likeness (QED) is 0.690. The predicted octanol–water partition coefficient (Wildman–Crippen LogP) is 1.39. The Kier molecular flexibility index (Phi) is 4.53. The summed E-state index contributed by atoms with van der Waals surface area (Å²) in [5.74, 6) is -2.57. The van der Waals surface area contributed by atoms with Crippen LogP contribution in [0.15, 0.2) is 0 Å². The lowest BCUT2D eigenvalue weighted by atomic mass is 9.87. The Morgan fingerprint density at radius 1 is 1.43 bits per heavy atom. The van der Waals surface area contributed by atoms with E-state index in [4.69, 9.17) is 5.11 Å². The molecule has 0 heterocycles. The van der Waals surface area contributed by atoms with E-state index in [-0.39, 0.29) is 12.8 Å². The van der Waals surface area contributed by atoms with Crippen LogP contribution in [-0.2, 0) is 14.3 Å². The largest absolute Gasteiger partial charge is 0.481 e. The van der Waals surface area contributed by atoms with Crippen LogP contribution in [0.5, 0.6) is 0 Å². The highest BCUT2D eigenvalue weighted by atomic mass is 19.1. The predicted molar refractivity (Wildman–Crippen MR) is 47.6 cm³/mol. The Labute approximate surface area is 82.1 Å². The number of aliphatic carboxylic acids is 1. The number of carbonyl (C=O) groups excluding carboxylic acids is 1. The van der Waals surface area contributed by atoms with Crippen molar-refractivity contribution in [2.24, 2.45) is 5.92 Å². The van der Waals surface area contributed by atoms with Crippen LogP contribution in [-0.4, -0.2) is 29.8 Å². The zero-order valence-electron chi connectivity index (χ0n) is 8.54. The molecule has 1 N–H and O–H groups in total. The molecule has 0 saturated carbocycles. The highest BCUT2D eigenvalue weighted by Gasteiger charge is 2.33. The van der Waals surface area contributed by atoms with Crippen LogP contribution in [0.3, 0.4) is 0 Å². The second kappa shape index (κ2) is 4.93. The van der Waals surface area contributed by atoms with E-state index in [1.807, 2.05) is 0 Å². The van der Waals surface area contributed by atoms with Crippen molar-refractivity contribution in [3.8, 4) is 0 Å². The Morgan fingerprint density at radius 2 is 1.93 bits per heavy atom. The molecular formula is C9H15FO4. The van der Waals surface area contributed by atoms with Crippen molar-refractivity contribution in [2.45, 2.75) is 32.4 Å². The smallest absolute Gasteiger partial charge is 0.305 e. The van der Waals surface area contributed by atoms with E-state index < -0.39 is 23.5 Å². The first kappa shape index (κ1) is 12.9. The highest BCUT2D eigenvalue weighted by Crippen LogP contribution is 2.27. The number of hydrogen-bond acceptors (Lipinski definition) is 3. The van der Waals surface area contributed by atoms with Crippen molar-refractivity contribution in [1.82, 2.24) is 0 Å². The minimum Gasteiger partial charge on any atom is -0.481 e. The van der Waals surface area contributed by atoms with Crippen LogP contribution < -0.4 is 0 Å². The van der Waals surface area contributed by atoms with Crippen molar-refractivity contribution >= 4 is 11.9 Å². The number of rotatable bonds is 5. The Balaban J connectivity index is 4.41. The van der Waals surface area contributed by atoms with Gasteiger partial charge in [-0.1, -0.05) is 0 Å². The molecule has 0 aromatic rings. The number of carbonyl (C=O) groups is 2. The van der Waals surface area contributed by atoms with E-state index in [2.05, 4.69) is 4.74 Å². The van der Waals surface area contributed by atoms with Gasteiger partial charge in [-0.15, -0.1) is 0 Å². The number of halogens is 1. The summed E-state index contributed by atoms with van der Waals surface area (Å²) in [6.07, 6.45) is -0.592. The maximum Gasteiger partial charge on any atom is 0.305 e. The lowest BCUT2D eigenvalue weighted by Crippen LogP contribution is -2.30. The van der Waals surface area contributed by atoms with Gasteiger partial charge in [0.15, 0.2) is 0 Å². The van der Waals surface area contributed by atoms with E-state index in [0.717, 1.165) is 0 Å². The molecule has 1 atom stereocenters. The molecule has 0 saturated heterocycles. The average Bonchev–Trinajstić information content (AvgIpc) is 2.00. The summed E-state index contributed by atoms with van der Waals surface area (Å²) in [6.45, 7) is 2.51. The van der Waals surface area contributed by atoms with E-state index in [1.165, 1.54) is 21.0 Å². The van der Waals surface area contributed by atoms with Crippen molar-refractivity contribution < 1.29 is 23.8 Å². The minimum absolute atomic E-state index is 0.216. The van der Waals surface area contributed by atoms with Gasteiger partial charge in [-0.05, 0) is 13.8 Å². The second-order valence-corrected chi connectivity index (χ2v) is 3.64. The monoisotopic (exact) mass is 206 g/mol. The van der Waals surface area contributed by atoms with Gasteiger partial charge in [0.1, 0.15) is 5.67 Å². The molecule has 4 nitrogen and oxygen atoms in total. The Bertz CT molecular complexity index is 219. The minimum atomic E-state index is -1.70. The lowest BCUT2D eigenvalue weighted by molar-refractivity contribution is -0.145. The topological polar surface area (TPSA) is 63.6 Å². The molecule has 0 spiro atoms. The summed E-state index contributed by atoms with van der Waals surface area (Å²) in [6, 6.07) is 0. The average molecular weight is 206 g/mol. The molecule has 0 aliphatic rings. The molecule has 14 heavy (non-hydrogen) atoms. The fraction of sp³-hybridized carbons (Fsp3) is 0.778. The summed E-state index contributed by atoms with van der Waals surface area (Å²) in [4.78, 5) is 21.3. The fourth-order valence-corrected chi connectivity index (χ4v) is 1.05. The summed E-state index contributed by atoms with van der Waals surface area (Å²) in [7, 11) is 1.19. The Morgan fingerprint density at radius 3 is 2.21 bits per heavy atom. The van der Waals surface area contributed by atoms with E-state index in [0.29, 0.717) is 0 Å². The van der Waals surface area contributed by atoms with Crippen LogP contribution >= 0.6 is 0 Å². The van der Waals surface area contributed by atoms with Gasteiger partial charge in [-0.25, -0.2) is 4.39 Å². The first-order chi connectivity index (χ1) is 6.27. The van der Waals surface area contributed by atoms with Crippen LogP contribution in [0.4, 0.5) is 4.39 Å². The highest BCUT2D eigenvalue weighted by molar-refractivity contribution is 5.72. The molecule has 0 aliphatic heterocycles. The molecule has 5 heteroatoms. The van der Waals surface area contributed by atoms with E-state index in [1.54, 1.807) is 0 Å². The first-order valence-electron chi connectivity index (χ1n) is 4.25. The van der Waals surface area contributed by atoms with Gasteiger partial charge in [0.25, 0.3) is 0 Å². The van der Waals surface area contributed by atoms with Crippen LogP contribution in [0.1, 0.15) is 26.7 Å². The molecular weight excluding hydrogens is 191 g/mol. The third kappa shape index (κ3) is 4.79. The van der Waals surface area contributed by atoms with Gasteiger partial charge < -0.3 is 9.84 Å². The van der Waals surface area contributed by atoms with Crippen molar-refractivity contribution in [3.05, 3.63) is 0 Å². The molecule has 1 unspecified atom stereocenters. The van der Waals surface area contributed by atoms with E-state index >= 15 is 0 Å². The van der Waals surface area contributed by atoms with Crippen LogP contribution in [0.2, 0.25) is 0 Å². The van der Waals surface area contributed by atoms with Crippen LogP contribution in [0.25, 0.3) is 0 Å². The molecule has 82 valence electrons. The summed E-state index contributed by atoms with van der Waals surface area (Å²) >= 11 is 0. The van der Waals surface area contributed by atoms with Crippen molar-refractivity contribution in [3.63, 3.8) is 0 Å². The molecule has 0 bridgehead atoms. The van der Waals surface area contributed by atoms with Crippen LogP contribution in [0, 0.1) is 5.92 Å². The zero-order valence-corrected chi connectivity index (χ0v) is 8.54. The number of hydrogen-bond donors (Lipinski definition) is 1. The van der Waals surface area contributed by atoms with Crippen molar-refractivity contribution in [2.75, 3.05) is 7.11 Å². The standard InChI is InChI=1S/C9H15FO4/c1-9(2,10)6(4-7(11)12)5-8(13)14-3/h6H,4-5H2,1-3H3,(H,11,12). The van der Waals surface area contributed by atoms with Gasteiger partial charge in [0.05, 0.1) is 20.0 Å². The normalized spacial score (nSPS) is 13.4. The number of ether oxygens (including phenoxy) is 1. The Hall–Kier alpha value is -1.13. The number of carboxylic acids is 1. The maximum atomic E-state index is 13.4. The van der Waals surface area contributed by atoms with Gasteiger partial charge in [-0.2, -0.15) is 0 Å². The van der Waals surface area contributed by atoms with Gasteiger partial charge >= 0.3 is 11.9 Å². The SMILES string of the molecule is COC(=O)CC(CC(=O)O)C(C)(C)F. The molecule has 0 aromatic carbocycles. The summed E-state index contributed by atoms with van der Waals surface area (Å²) in [5, 5.41) is 8.51. The lowest BCUT2D eigenvalue weighted by Gasteiger charge is -2.24.